The SMILES string of the molecule is CC(C)c1ccc(OCC(=O)N2CCNC(=O)C2C)cc1. The van der Waals surface area contributed by atoms with Gasteiger partial charge in [-0.05, 0) is 30.5 Å². The number of rotatable bonds is 4. The molecule has 21 heavy (non-hydrogen) atoms. The Hall–Kier alpha value is -2.04. The van der Waals surface area contributed by atoms with Gasteiger partial charge in [0.05, 0.1) is 0 Å². The molecule has 0 bridgehead atoms. The third kappa shape index (κ3) is 3.74. The molecule has 0 aromatic heterocycles. The van der Waals surface area contributed by atoms with Crippen molar-refractivity contribution in [3.8, 4) is 5.75 Å². The Balaban J connectivity index is 1.90. The van der Waals surface area contributed by atoms with Gasteiger partial charge in [0, 0.05) is 13.1 Å². The first-order chi connectivity index (χ1) is 9.99. The number of nitrogens with zero attached hydrogens (tertiary/aromatic N) is 1. The summed E-state index contributed by atoms with van der Waals surface area (Å²) >= 11 is 0. The minimum atomic E-state index is -0.432. The first-order valence-electron chi connectivity index (χ1n) is 7.29. The molecule has 1 atom stereocenters. The highest BCUT2D eigenvalue weighted by Gasteiger charge is 2.29. The third-order valence-corrected chi connectivity index (χ3v) is 3.73. The molecule has 1 fully saturated rings. The number of hydrogen-bond acceptors (Lipinski definition) is 3. The van der Waals surface area contributed by atoms with Crippen LogP contribution in [0.1, 0.15) is 32.3 Å². The molecule has 1 heterocycles. The maximum absolute atomic E-state index is 12.1. The Kier molecular flexibility index (Phi) is 4.83. The van der Waals surface area contributed by atoms with E-state index in [9.17, 15) is 9.59 Å². The van der Waals surface area contributed by atoms with E-state index in [1.807, 2.05) is 24.3 Å². The fraction of sp³-hybridized carbons (Fsp3) is 0.500. The molecule has 114 valence electrons. The maximum Gasteiger partial charge on any atom is 0.261 e. The molecule has 1 N–H and O–H groups in total. The van der Waals surface area contributed by atoms with E-state index in [-0.39, 0.29) is 18.4 Å². The largest absolute Gasteiger partial charge is 0.484 e. The maximum atomic E-state index is 12.1. The van der Waals surface area contributed by atoms with Crippen LogP contribution < -0.4 is 10.1 Å². The number of ether oxygens (including phenoxy) is 1. The molecule has 1 unspecified atom stereocenters. The summed E-state index contributed by atoms with van der Waals surface area (Å²) in [5.74, 6) is 0.858. The number of carbonyl (C=O) groups is 2. The van der Waals surface area contributed by atoms with E-state index in [1.165, 1.54) is 5.56 Å². The molecule has 0 saturated carbocycles. The van der Waals surface area contributed by atoms with E-state index in [4.69, 9.17) is 4.74 Å². The lowest BCUT2D eigenvalue weighted by Crippen LogP contribution is -2.56. The summed E-state index contributed by atoms with van der Waals surface area (Å²) in [5.41, 5.74) is 1.23. The van der Waals surface area contributed by atoms with Crippen LogP contribution in [0.5, 0.6) is 5.75 Å². The number of hydrogen-bond donors (Lipinski definition) is 1. The quantitative estimate of drug-likeness (QED) is 0.915. The molecule has 0 aliphatic carbocycles. The highest BCUT2D eigenvalue weighted by atomic mass is 16.5. The lowest BCUT2D eigenvalue weighted by molar-refractivity contribution is -0.143. The summed E-state index contributed by atoms with van der Waals surface area (Å²) in [6.07, 6.45) is 0. The summed E-state index contributed by atoms with van der Waals surface area (Å²) in [6, 6.07) is 7.31. The number of amides is 2. The van der Waals surface area contributed by atoms with Crippen molar-refractivity contribution in [2.45, 2.75) is 32.7 Å². The normalized spacial score (nSPS) is 18.6. The van der Waals surface area contributed by atoms with Gasteiger partial charge >= 0.3 is 0 Å². The third-order valence-electron chi connectivity index (χ3n) is 3.73. The first kappa shape index (κ1) is 15.4. The summed E-state index contributed by atoms with van der Waals surface area (Å²) < 4.78 is 5.52. The molecule has 0 radical (unpaired) electrons. The molecule has 2 rings (SSSR count). The summed E-state index contributed by atoms with van der Waals surface area (Å²) in [4.78, 5) is 25.2. The molecular formula is C16H22N2O3. The van der Waals surface area contributed by atoms with Crippen molar-refractivity contribution >= 4 is 11.8 Å². The van der Waals surface area contributed by atoms with Crippen molar-refractivity contribution in [3.63, 3.8) is 0 Å². The molecular weight excluding hydrogens is 268 g/mol. The monoisotopic (exact) mass is 290 g/mol. The zero-order valence-corrected chi connectivity index (χ0v) is 12.8. The van der Waals surface area contributed by atoms with E-state index in [1.54, 1.807) is 11.8 Å². The Morgan fingerprint density at radius 2 is 2.05 bits per heavy atom. The molecule has 1 aliphatic rings. The van der Waals surface area contributed by atoms with Gasteiger partial charge in [-0.1, -0.05) is 26.0 Å². The summed E-state index contributed by atoms with van der Waals surface area (Å²) in [5, 5.41) is 2.73. The minimum Gasteiger partial charge on any atom is -0.484 e. The lowest BCUT2D eigenvalue weighted by Gasteiger charge is -2.32. The van der Waals surface area contributed by atoms with Gasteiger partial charge in [0.1, 0.15) is 11.8 Å². The fourth-order valence-corrected chi connectivity index (χ4v) is 2.30. The molecule has 0 spiro atoms. The number of nitrogens with one attached hydrogen (secondary N) is 1. The van der Waals surface area contributed by atoms with Crippen molar-refractivity contribution in [1.29, 1.82) is 0 Å². The lowest BCUT2D eigenvalue weighted by atomic mass is 10.0. The van der Waals surface area contributed by atoms with Gasteiger partial charge in [-0.15, -0.1) is 0 Å². The Bertz CT molecular complexity index is 511. The number of carbonyl (C=O) groups excluding carboxylic acids is 2. The van der Waals surface area contributed by atoms with Crippen LogP contribution >= 0.6 is 0 Å². The van der Waals surface area contributed by atoms with Crippen LogP contribution in [0, 0.1) is 0 Å². The van der Waals surface area contributed by atoms with Gasteiger partial charge in [0.15, 0.2) is 6.61 Å². The topological polar surface area (TPSA) is 58.6 Å². The fourth-order valence-electron chi connectivity index (χ4n) is 2.30. The van der Waals surface area contributed by atoms with E-state index in [0.29, 0.717) is 24.8 Å². The van der Waals surface area contributed by atoms with Crippen molar-refractivity contribution in [3.05, 3.63) is 29.8 Å². The van der Waals surface area contributed by atoms with Gasteiger partial charge in [-0.3, -0.25) is 9.59 Å². The summed E-state index contributed by atoms with van der Waals surface area (Å²) in [7, 11) is 0. The smallest absolute Gasteiger partial charge is 0.261 e. The number of benzene rings is 1. The standard InChI is InChI=1S/C16H22N2O3/c1-11(2)13-4-6-14(7-5-13)21-10-15(19)18-9-8-17-16(20)12(18)3/h4-7,11-12H,8-10H2,1-3H3,(H,17,20). The minimum absolute atomic E-state index is 0.0430. The van der Waals surface area contributed by atoms with Gasteiger partial charge in [-0.25, -0.2) is 0 Å². The van der Waals surface area contributed by atoms with Crippen LogP contribution in [-0.2, 0) is 9.59 Å². The van der Waals surface area contributed by atoms with E-state index >= 15 is 0 Å². The van der Waals surface area contributed by atoms with E-state index < -0.39 is 6.04 Å². The summed E-state index contributed by atoms with van der Waals surface area (Å²) in [6.45, 7) is 6.96. The molecule has 1 aromatic rings. The average molecular weight is 290 g/mol. The van der Waals surface area contributed by atoms with E-state index in [2.05, 4.69) is 19.2 Å². The van der Waals surface area contributed by atoms with Crippen molar-refractivity contribution in [2.75, 3.05) is 19.7 Å². The van der Waals surface area contributed by atoms with Gasteiger partial charge in [0.2, 0.25) is 5.91 Å². The molecule has 5 heteroatoms. The average Bonchev–Trinajstić information content (AvgIpc) is 2.48. The van der Waals surface area contributed by atoms with Crippen LogP contribution in [-0.4, -0.2) is 42.5 Å². The zero-order chi connectivity index (χ0) is 15.4. The second-order valence-corrected chi connectivity index (χ2v) is 5.57. The molecule has 5 nitrogen and oxygen atoms in total. The zero-order valence-electron chi connectivity index (χ0n) is 12.8. The Labute approximate surface area is 125 Å². The highest BCUT2D eigenvalue weighted by molar-refractivity contribution is 5.89. The number of piperazine rings is 1. The molecule has 2 amide bonds. The van der Waals surface area contributed by atoms with Gasteiger partial charge in [0.25, 0.3) is 5.91 Å². The van der Waals surface area contributed by atoms with Crippen molar-refractivity contribution < 1.29 is 14.3 Å². The second-order valence-electron chi connectivity index (χ2n) is 5.57. The van der Waals surface area contributed by atoms with Crippen LogP contribution in [0.2, 0.25) is 0 Å². The van der Waals surface area contributed by atoms with Crippen LogP contribution in [0.25, 0.3) is 0 Å². The predicted molar refractivity (Wildman–Crippen MR) is 80.2 cm³/mol. The van der Waals surface area contributed by atoms with Crippen LogP contribution in [0.4, 0.5) is 0 Å². The Morgan fingerprint density at radius 3 is 2.67 bits per heavy atom. The first-order valence-corrected chi connectivity index (χ1v) is 7.29. The van der Waals surface area contributed by atoms with Gasteiger partial charge in [-0.2, -0.15) is 0 Å². The van der Waals surface area contributed by atoms with Crippen LogP contribution in [0.15, 0.2) is 24.3 Å². The molecule has 1 aromatic carbocycles. The molecule has 1 aliphatic heterocycles. The van der Waals surface area contributed by atoms with Crippen LogP contribution in [0.3, 0.4) is 0 Å². The predicted octanol–water partition coefficient (Wildman–Crippen LogP) is 1.54. The Morgan fingerprint density at radius 1 is 1.38 bits per heavy atom. The highest BCUT2D eigenvalue weighted by Crippen LogP contribution is 2.18. The molecule has 1 saturated heterocycles. The van der Waals surface area contributed by atoms with Crippen molar-refractivity contribution in [2.24, 2.45) is 0 Å². The van der Waals surface area contributed by atoms with Gasteiger partial charge < -0.3 is 15.0 Å². The van der Waals surface area contributed by atoms with E-state index in [0.717, 1.165) is 0 Å². The second kappa shape index (κ2) is 6.61. The van der Waals surface area contributed by atoms with Crippen molar-refractivity contribution in [1.82, 2.24) is 10.2 Å².